The minimum absolute atomic E-state index is 0.0521. The minimum Gasteiger partial charge on any atom is -0.348 e. The van der Waals surface area contributed by atoms with Gasteiger partial charge in [-0.15, -0.1) is 0 Å². The highest BCUT2D eigenvalue weighted by molar-refractivity contribution is 9.10. The molecule has 2 atom stereocenters. The largest absolute Gasteiger partial charge is 0.348 e. The van der Waals surface area contributed by atoms with E-state index in [2.05, 4.69) is 28.2 Å². The molecule has 0 aliphatic heterocycles. The standard InChI is InChI=1S/C13H19BrN2O/c1-3-16-8-10(14)7-12(16)13(17)15-11-6-4-5-9(11)2/h7-9,11H,3-6H2,1-2H3,(H,15,17). The van der Waals surface area contributed by atoms with Crippen LogP contribution >= 0.6 is 15.9 Å². The van der Waals surface area contributed by atoms with E-state index in [4.69, 9.17) is 0 Å². The van der Waals surface area contributed by atoms with E-state index in [0.29, 0.717) is 12.0 Å². The number of halogens is 1. The van der Waals surface area contributed by atoms with Crippen LogP contribution < -0.4 is 5.32 Å². The quantitative estimate of drug-likeness (QED) is 0.914. The maximum atomic E-state index is 12.2. The highest BCUT2D eigenvalue weighted by atomic mass is 79.9. The Morgan fingerprint density at radius 2 is 2.35 bits per heavy atom. The van der Waals surface area contributed by atoms with Crippen molar-refractivity contribution in [3.8, 4) is 0 Å². The lowest BCUT2D eigenvalue weighted by atomic mass is 10.1. The number of amides is 1. The third-order valence-corrected chi connectivity index (χ3v) is 4.05. The number of hydrogen-bond donors (Lipinski definition) is 1. The van der Waals surface area contributed by atoms with E-state index in [-0.39, 0.29) is 5.91 Å². The van der Waals surface area contributed by atoms with E-state index >= 15 is 0 Å². The van der Waals surface area contributed by atoms with Crippen LogP contribution in [0.1, 0.15) is 43.6 Å². The Balaban J connectivity index is 2.08. The Labute approximate surface area is 111 Å². The van der Waals surface area contributed by atoms with Crippen LogP contribution in [0, 0.1) is 5.92 Å². The summed E-state index contributed by atoms with van der Waals surface area (Å²) in [4.78, 5) is 12.2. The van der Waals surface area contributed by atoms with Gasteiger partial charge in [0, 0.05) is 23.3 Å². The van der Waals surface area contributed by atoms with Crippen molar-refractivity contribution in [1.82, 2.24) is 9.88 Å². The van der Waals surface area contributed by atoms with Crippen LogP contribution in [0.15, 0.2) is 16.7 Å². The lowest BCUT2D eigenvalue weighted by molar-refractivity contribution is 0.0920. The van der Waals surface area contributed by atoms with Crippen molar-refractivity contribution in [3.05, 3.63) is 22.4 Å². The summed E-state index contributed by atoms with van der Waals surface area (Å²) in [7, 11) is 0. The number of hydrogen-bond acceptors (Lipinski definition) is 1. The van der Waals surface area contributed by atoms with Gasteiger partial charge in [0.05, 0.1) is 0 Å². The molecule has 94 valence electrons. The summed E-state index contributed by atoms with van der Waals surface area (Å²) in [5.41, 5.74) is 0.749. The molecule has 0 saturated heterocycles. The molecule has 1 N–H and O–H groups in total. The molecule has 1 amide bonds. The molecule has 0 spiro atoms. The van der Waals surface area contributed by atoms with Gasteiger partial charge in [-0.05, 0) is 47.7 Å². The van der Waals surface area contributed by atoms with Crippen LogP contribution in [-0.2, 0) is 6.54 Å². The fourth-order valence-corrected chi connectivity index (χ4v) is 2.99. The molecule has 0 radical (unpaired) electrons. The second-order valence-electron chi connectivity index (χ2n) is 4.82. The van der Waals surface area contributed by atoms with Crippen LogP contribution in [0.2, 0.25) is 0 Å². The van der Waals surface area contributed by atoms with Gasteiger partial charge in [0.1, 0.15) is 5.69 Å². The van der Waals surface area contributed by atoms with Crippen LogP contribution in [0.25, 0.3) is 0 Å². The summed E-state index contributed by atoms with van der Waals surface area (Å²) in [6.07, 6.45) is 5.52. The average Bonchev–Trinajstić information content (AvgIpc) is 2.85. The van der Waals surface area contributed by atoms with Crippen molar-refractivity contribution in [3.63, 3.8) is 0 Å². The summed E-state index contributed by atoms with van der Waals surface area (Å²) < 4.78 is 2.93. The van der Waals surface area contributed by atoms with Gasteiger partial charge in [0.15, 0.2) is 0 Å². The van der Waals surface area contributed by atoms with Gasteiger partial charge in [0.25, 0.3) is 5.91 Å². The number of rotatable bonds is 3. The van der Waals surface area contributed by atoms with Crippen molar-refractivity contribution in [2.24, 2.45) is 5.92 Å². The second-order valence-corrected chi connectivity index (χ2v) is 5.73. The highest BCUT2D eigenvalue weighted by Gasteiger charge is 2.25. The van der Waals surface area contributed by atoms with Crippen molar-refractivity contribution < 1.29 is 4.79 Å². The highest BCUT2D eigenvalue weighted by Crippen LogP contribution is 2.25. The zero-order valence-corrected chi connectivity index (χ0v) is 12.0. The average molecular weight is 299 g/mol. The van der Waals surface area contributed by atoms with Gasteiger partial charge in [0.2, 0.25) is 0 Å². The first kappa shape index (κ1) is 12.7. The SMILES string of the molecule is CCn1cc(Br)cc1C(=O)NC1CCCC1C. The summed E-state index contributed by atoms with van der Waals surface area (Å²) in [6.45, 7) is 5.07. The van der Waals surface area contributed by atoms with Crippen LogP contribution in [0.5, 0.6) is 0 Å². The lowest BCUT2D eigenvalue weighted by Crippen LogP contribution is -2.37. The van der Waals surface area contributed by atoms with Crippen molar-refractivity contribution >= 4 is 21.8 Å². The maximum absolute atomic E-state index is 12.2. The first-order chi connectivity index (χ1) is 8.11. The Kier molecular flexibility index (Phi) is 3.92. The number of nitrogens with zero attached hydrogens (tertiary/aromatic N) is 1. The third-order valence-electron chi connectivity index (χ3n) is 3.61. The first-order valence-electron chi connectivity index (χ1n) is 6.28. The number of nitrogens with one attached hydrogen (secondary N) is 1. The van der Waals surface area contributed by atoms with Crippen molar-refractivity contribution in [2.75, 3.05) is 0 Å². The summed E-state index contributed by atoms with van der Waals surface area (Å²) >= 11 is 3.42. The maximum Gasteiger partial charge on any atom is 0.268 e. The van der Waals surface area contributed by atoms with Gasteiger partial charge in [-0.2, -0.15) is 0 Å². The third kappa shape index (κ3) is 2.73. The molecule has 1 aromatic heterocycles. The molecular weight excluding hydrogens is 280 g/mol. The van der Waals surface area contributed by atoms with Crippen molar-refractivity contribution in [1.29, 1.82) is 0 Å². The van der Waals surface area contributed by atoms with E-state index in [0.717, 1.165) is 23.1 Å². The number of carbonyl (C=O) groups excluding carboxylic acids is 1. The van der Waals surface area contributed by atoms with E-state index < -0.39 is 0 Å². The van der Waals surface area contributed by atoms with E-state index in [1.165, 1.54) is 12.8 Å². The zero-order chi connectivity index (χ0) is 12.4. The van der Waals surface area contributed by atoms with Crippen molar-refractivity contribution in [2.45, 2.75) is 45.7 Å². The molecule has 1 aromatic rings. The normalized spacial score (nSPS) is 23.9. The summed E-state index contributed by atoms with van der Waals surface area (Å²) in [6, 6.07) is 2.24. The molecule has 2 rings (SSSR count). The van der Waals surface area contributed by atoms with Crippen LogP contribution in [-0.4, -0.2) is 16.5 Å². The molecule has 1 fully saturated rings. The molecule has 1 saturated carbocycles. The topological polar surface area (TPSA) is 34.0 Å². The fourth-order valence-electron chi connectivity index (χ4n) is 2.53. The predicted octanol–water partition coefficient (Wildman–Crippen LogP) is 3.19. The Morgan fingerprint density at radius 1 is 1.59 bits per heavy atom. The van der Waals surface area contributed by atoms with Gasteiger partial charge in [-0.1, -0.05) is 13.3 Å². The summed E-state index contributed by atoms with van der Waals surface area (Å²) in [5, 5.41) is 3.15. The van der Waals surface area contributed by atoms with Crippen LogP contribution in [0.3, 0.4) is 0 Å². The van der Waals surface area contributed by atoms with Gasteiger partial charge >= 0.3 is 0 Å². The Bertz CT molecular complexity index is 414. The molecule has 1 aliphatic carbocycles. The van der Waals surface area contributed by atoms with Gasteiger partial charge in [-0.3, -0.25) is 4.79 Å². The van der Waals surface area contributed by atoms with Gasteiger partial charge in [-0.25, -0.2) is 0 Å². The Morgan fingerprint density at radius 3 is 2.94 bits per heavy atom. The predicted molar refractivity (Wildman–Crippen MR) is 72.1 cm³/mol. The molecule has 1 aliphatic rings. The molecule has 2 unspecified atom stereocenters. The number of aryl methyl sites for hydroxylation is 1. The second kappa shape index (κ2) is 5.25. The molecular formula is C13H19BrN2O. The molecule has 17 heavy (non-hydrogen) atoms. The lowest BCUT2D eigenvalue weighted by Gasteiger charge is -2.17. The first-order valence-corrected chi connectivity index (χ1v) is 7.07. The molecule has 1 heterocycles. The smallest absolute Gasteiger partial charge is 0.268 e. The molecule has 0 aromatic carbocycles. The number of carbonyl (C=O) groups is 1. The Hall–Kier alpha value is -0.770. The van der Waals surface area contributed by atoms with Crippen LogP contribution in [0.4, 0.5) is 0 Å². The monoisotopic (exact) mass is 298 g/mol. The van der Waals surface area contributed by atoms with Gasteiger partial charge < -0.3 is 9.88 Å². The van der Waals surface area contributed by atoms with E-state index in [1.807, 2.05) is 23.8 Å². The van der Waals surface area contributed by atoms with E-state index in [1.54, 1.807) is 0 Å². The summed E-state index contributed by atoms with van der Waals surface area (Å²) in [5.74, 6) is 0.656. The minimum atomic E-state index is 0.0521. The molecule has 4 heteroatoms. The molecule has 0 bridgehead atoms. The van der Waals surface area contributed by atoms with E-state index in [9.17, 15) is 4.79 Å². The fraction of sp³-hybridized carbons (Fsp3) is 0.615. The zero-order valence-electron chi connectivity index (χ0n) is 10.4. The molecule has 3 nitrogen and oxygen atoms in total. The number of aromatic nitrogens is 1.